The molecule has 0 saturated carbocycles. The molecule has 2 heterocycles. The highest BCUT2D eigenvalue weighted by atomic mass is 32.2. The van der Waals surface area contributed by atoms with Gasteiger partial charge in [0, 0.05) is 25.1 Å². The summed E-state index contributed by atoms with van der Waals surface area (Å²) < 4.78 is 3.71. The summed E-state index contributed by atoms with van der Waals surface area (Å²) in [5.74, 6) is -0.830. The van der Waals surface area contributed by atoms with Crippen molar-refractivity contribution in [3.8, 4) is 0 Å². The van der Waals surface area contributed by atoms with Crippen molar-refractivity contribution < 1.29 is 9.90 Å². The first-order valence-corrected chi connectivity index (χ1v) is 6.40. The van der Waals surface area contributed by atoms with Crippen LogP contribution in [0.4, 0.5) is 0 Å². The van der Waals surface area contributed by atoms with E-state index in [9.17, 15) is 4.79 Å². The molecule has 2 rings (SSSR count). The third kappa shape index (κ3) is 2.92. The Morgan fingerprint density at radius 2 is 2.33 bits per heavy atom. The second-order valence-corrected chi connectivity index (χ2v) is 4.87. The number of carbonyl (C=O) groups is 1. The first kappa shape index (κ1) is 12.7. The lowest BCUT2D eigenvalue weighted by Gasteiger charge is -2.07. The van der Waals surface area contributed by atoms with E-state index in [1.807, 2.05) is 30.8 Å². The Balaban J connectivity index is 2.16. The van der Waals surface area contributed by atoms with Gasteiger partial charge in [0.05, 0.1) is 18.0 Å². The minimum Gasteiger partial charge on any atom is -0.481 e. The van der Waals surface area contributed by atoms with Gasteiger partial charge in [0.15, 0.2) is 5.16 Å². The highest BCUT2D eigenvalue weighted by Gasteiger charge is 2.11. The van der Waals surface area contributed by atoms with Crippen molar-refractivity contribution in [3.05, 3.63) is 29.8 Å². The van der Waals surface area contributed by atoms with Gasteiger partial charge in [0.2, 0.25) is 0 Å². The van der Waals surface area contributed by atoms with Gasteiger partial charge in [-0.3, -0.25) is 9.48 Å². The Kier molecular flexibility index (Phi) is 3.71. The Labute approximate surface area is 109 Å². The van der Waals surface area contributed by atoms with Crippen LogP contribution in [0.5, 0.6) is 0 Å². The third-order valence-corrected chi connectivity index (χ3v) is 3.41. The van der Waals surface area contributed by atoms with E-state index in [2.05, 4.69) is 10.1 Å². The van der Waals surface area contributed by atoms with Gasteiger partial charge in [-0.25, -0.2) is 4.98 Å². The van der Waals surface area contributed by atoms with Crippen LogP contribution in [0.15, 0.2) is 23.6 Å². The summed E-state index contributed by atoms with van der Waals surface area (Å²) in [5.41, 5.74) is 1.92. The van der Waals surface area contributed by atoms with Crippen molar-refractivity contribution in [2.45, 2.75) is 18.6 Å². The monoisotopic (exact) mass is 266 g/mol. The fourth-order valence-corrected chi connectivity index (χ4v) is 2.33. The zero-order valence-corrected chi connectivity index (χ0v) is 11.0. The standard InChI is InChI=1S/C11H14N4O2S/c1-8-5-12-11(18-7-10(16)17)15(8)6-9-3-4-14(2)13-9/h3-5H,6-7H2,1-2H3,(H,16,17). The van der Waals surface area contributed by atoms with E-state index in [4.69, 9.17) is 5.11 Å². The first-order chi connectivity index (χ1) is 8.56. The van der Waals surface area contributed by atoms with Crippen molar-refractivity contribution >= 4 is 17.7 Å². The molecular weight excluding hydrogens is 252 g/mol. The number of hydrogen-bond donors (Lipinski definition) is 1. The van der Waals surface area contributed by atoms with Gasteiger partial charge < -0.3 is 9.67 Å². The molecule has 0 aliphatic rings. The molecule has 1 N–H and O–H groups in total. The quantitative estimate of drug-likeness (QED) is 0.822. The maximum absolute atomic E-state index is 10.6. The molecule has 0 atom stereocenters. The number of imidazole rings is 1. The summed E-state index contributed by atoms with van der Waals surface area (Å²) in [5, 5.41) is 13.7. The van der Waals surface area contributed by atoms with Gasteiger partial charge in [-0.1, -0.05) is 11.8 Å². The van der Waals surface area contributed by atoms with E-state index in [0.717, 1.165) is 11.4 Å². The van der Waals surface area contributed by atoms with E-state index in [1.165, 1.54) is 11.8 Å². The number of carboxylic acids is 1. The second-order valence-electron chi connectivity index (χ2n) is 3.93. The fraction of sp³-hybridized carbons (Fsp3) is 0.364. The number of carboxylic acid groups (broad SMARTS) is 1. The van der Waals surface area contributed by atoms with Crippen LogP contribution in [0.3, 0.4) is 0 Å². The van der Waals surface area contributed by atoms with Crippen LogP contribution >= 0.6 is 11.8 Å². The molecule has 0 saturated heterocycles. The third-order valence-electron chi connectivity index (χ3n) is 2.43. The highest BCUT2D eigenvalue weighted by Crippen LogP contribution is 2.19. The number of aliphatic carboxylic acids is 1. The predicted octanol–water partition coefficient (Wildman–Crippen LogP) is 1.15. The Bertz CT molecular complexity index is 561. The molecule has 0 aliphatic heterocycles. The summed E-state index contributed by atoms with van der Waals surface area (Å²) in [4.78, 5) is 14.8. The van der Waals surface area contributed by atoms with Gasteiger partial charge >= 0.3 is 5.97 Å². The summed E-state index contributed by atoms with van der Waals surface area (Å²) in [7, 11) is 1.87. The van der Waals surface area contributed by atoms with Crippen LogP contribution in [0.25, 0.3) is 0 Å². The van der Waals surface area contributed by atoms with E-state index in [0.29, 0.717) is 11.7 Å². The van der Waals surface area contributed by atoms with Crippen LogP contribution in [0.2, 0.25) is 0 Å². The van der Waals surface area contributed by atoms with Crippen LogP contribution in [-0.4, -0.2) is 36.2 Å². The van der Waals surface area contributed by atoms with Crippen molar-refractivity contribution in [3.63, 3.8) is 0 Å². The van der Waals surface area contributed by atoms with Gasteiger partial charge in [-0.2, -0.15) is 5.10 Å². The van der Waals surface area contributed by atoms with E-state index in [1.54, 1.807) is 10.9 Å². The molecule has 6 nitrogen and oxygen atoms in total. The molecule has 0 amide bonds. The second kappa shape index (κ2) is 5.26. The van der Waals surface area contributed by atoms with E-state index in [-0.39, 0.29) is 5.75 Å². The highest BCUT2D eigenvalue weighted by molar-refractivity contribution is 7.99. The van der Waals surface area contributed by atoms with Crippen LogP contribution in [0, 0.1) is 6.92 Å². The molecule has 7 heteroatoms. The Morgan fingerprint density at radius 1 is 1.56 bits per heavy atom. The van der Waals surface area contributed by atoms with Crippen LogP contribution in [0.1, 0.15) is 11.4 Å². The summed E-state index contributed by atoms with van der Waals surface area (Å²) >= 11 is 1.22. The Morgan fingerprint density at radius 3 is 2.94 bits per heavy atom. The van der Waals surface area contributed by atoms with Crippen molar-refractivity contribution in [1.29, 1.82) is 0 Å². The summed E-state index contributed by atoms with van der Waals surface area (Å²) in [6, 6.07) is 1.94. The van der Waals surface area contributed by atoms with Crippen LogP contribution < -0.4 is 0 Å². The number of hydrogen-bond acceptors (Lipinski definition) is 4. The zero-order chi connectivity index (χ0) is 13.1. The molecule has 0 fully saturated rings. The number of aryl methyl sites for hydroxylation is 2. The van der Waals surface area contributed by atoms with Crippen molar-refractivity contribution in [2.75, 3.05) is 5.75 Å². The van der Waals surface area contributed by atoms with Crippen LogP contribution in [-0.2, 0) is 18.4 Å². The maximum Gasteiger partial charge on any atom is 0.313 e. The zero-order valence-electron chi connectivity index (χ0n) is 10.2. The molecule has 0 radical (unpaired) electrons. The minimum atomic E-state index is -0.843. The molecule has 0 bridgehead atoms. The summed E-state index contributed by atoms with van der Waals surface area (Å²) in [6.45, 7) is 2.55. The normalized spacial score (nSPS) is 10.8. The lowest BCUT2D eigenvalue weighted by atomic mass is 10.4. The predicted molar refractivity (Wildman–Crippen MR) is 67.6 cm³/mol. The number of nitrogens with zero attached hydrogens (tertiary/aromatic N) is 4. The summed E-state index contributed by atoms with van der Waals surface area (Å²) in [6.07, 6.45) is 3.62. The van der Waals surface area contributed by atoms with E-state index < -0.39 is 5.97 Å². The number of aromatic nitrogens is 4. The average molecular weight is 266 g/mol. The molecule has 2 aromatic rings. The topological polar surface area (TPSA) is 72.9 Å². The number of thioether (sulfide) groups is 1. The SMILES string of the molecule is Cc1cnc(SCC(=O)O)n1Cc1ccn(C)n1. The minimum absolute atomic E-state index is 0.0126. The average Bonchev–Trinajstić information content (AvgIpc) is 2.85. The molecule has 0 aromatic carbocycles. The lowest BCUT2D eigenvalue weighted by molar-refractivity contribution is -0.133. The van der Waals surface area contributed by atoms with Crippen molar-refractivity contribution in [2.24, 2.45) is 7.05 Å². The molecular formula is C11H14N4O2S. The first-order valence-electron chi connectivity index (χ1n) is 5.41. The number of rotatable bonds is 5. The lowest BCUT2D eigenvalue weighted by Crippen LogP contribution is -2.06. The Hall–Kier alpha value is -1.76. The molecule has 0 spiro atoms. The van der Waals surface area contributed by atoms with Gasteiger partial charge in [0.1, 0.15) is 0 Å². The molecule has 0 aliphatic carbocycles. The smallest absolute Gasteiger partial charge is 0.313 e. The molecule has 2 aromatic heterocycles. The van der Waals surface area contributed by atoms with Gasteiger partial charge in [-0.05, 0) is 13.0 Å². The van der Waals surface area contributed by atoms with E-state index >= 15 is 0 Å². The molecule has 18 heavy (non-hydrogen) atoms. The maximum atomic E-state index is 10.6. The molecule has 0 unspecified atom stereocenters. The fourth-order valence-electron chi connectivity index (χ4n) is 1.58. The molecule has 96 valence electrons. The van der Waals surface area contributed by atoms with Crippen molar-refractivity contribution in [1.82, 2.24) is 19.3 Å². The van der Waals surface area contributed by atoms with Gasteiger partial charge in [0.25, 0.3) is 0 Å². The largest absolute Gasteiger partial charge is 0.481 e. The van der Waals surface area contributed by atoms with Gasteiger partial charge in [-0.15, -0.1) is 0 Å².